The molecule has 0 aliphatic rings. The first-order valence-corrected chi connectivity index (χ1v) is 13.1. The summed E-state index contributed by atoms with van der Waals surface area (Å²) in [7, 11) is 0. The van der Waals surface area contributed by atoms with E-state index in [4.69, 9.17) is 41.7 Å². The third kappa shape index (κ3) is 7.46. The van der Waals surface area contributed by atoms with Gasteiger partial charge in [-0.15, -0.1) is 0 Å². The van der Waals surface area contributed by atoms with Crippen molar-refractivity contribution < 1.29 is 18.1 Å². The molecule has 0 spiro atoms. The Morgan fingerprint density at radius 3 is 1.12 bits per heavy atom. The van der Waals surface area contributed by atoms with Crippen molar-refractivity contribution in [3.05, 3.63) is 24.3 Å². The van der Waals surface area contributed by atoms with Gasteiger partial charge in [-0.05, 0) is 75.6 Å². The average molecular weight is 412 g/mol. The van der Waals surface area contributed by atoms with Crippen LogP contribution < -0.4 is 10.2 Å². The van der Waals surface area contributed by atoms with Crippen LogP contribution in [0.4, 0.5) is 11.4 Å². The van der Waals surface area contributed by atoms with Crippen LogP contribution in [0.25, 0.3) is 0 Å². The molecular weight excluding hydrogens is 386 g/mol. The van der Waals surface area contributed by atoms with Crippen molar-refractivity contribution in [3.63, 3.8) is 0 Å². The lowest BCUT2D eigenvalue weighted by Crippen LogP contribution is -2.06. The average Bonchev–Trinajstić information content (AvgIpc) is 2.50. The van der Waals surface area contributed by atoms with E-state index in [0.29, 0.717) is 26.4 Å². The molecule has 1 rings (SSSR count). The maximum atomic E-state index is 5.57. The van der Waals surface area contributed by atoms with Crippen molar-refractivity contribution in [2.75, 3.05) is 36.6 Å². The quantitative estimate of drug-likeness (QED) is 0.460. The van der Waals surface area contributed by atoms with Gasteiger partial charge in [-0.3, -0.25) is 0 Å². The lowest BCUT2D eigenvalue weighted by molar-refractivity contribution is 0.270. The van der Waals surface area contributed by atoms with Gasteiger partial charge in [-0.25, -0.2) is 0 Å². The van der Waals surface area contributed by atoms with Crippen molar-refractivity contribution in [2.24, 2.45) is 0 Å². The number of nitrogens with one attached hydrogen (secondary N) is 2. The highest BCUT2D eigenvalue weighted by Crippen LogP contribution is 2.50. The van der Waals surface area contributed by atoms with E-state index in [2.05, 4.69) is 10.2 Å². The minimum Gasteiger partial charge on any atom is -0.316 e. The predicted octanol–water partition coefficient (Wildman–Crippen LogP) is 5.11. The van der Waals surface area contributed by atoms with Gasteiger partial charge in [0.2, 0.25) is 0 Å². The third-order valence-electron chi connectivity index (χ3n) is 2.61. The predicted molar refractivity (Wildman–Crippen MR) is 109 cm³/mol. The molecule has 1 aromatic rings. The highest BCUT2D eigenvalue weighted by molar-refractivity contribution is 8.10. The maximum absolute atomic E-state index is 5.57. The standard InChI is InChI=1S/C14H26N2O4P2S2/c1-5-17-21(23,18-6-2)15-13-9-11-14(12-10-13)16-22(24,19-7-3)20-8-4/h9-12H,5-8H2,1-4H3,(H,15,23)(H,16,24). The van der Waals surface area contributed by atoms with E-state index >= 15 is 0 Å². The van der Waals surface area contributed by atoms with Crippen LogP contribution in [0.2, 0.25) is 0 Å². The molecule has 0 aromatic heterocycles. The molecule has 6 nitrogen and oxygen atoms in total. The normalized spacial score (nSPS) is 12.2. The van der Waals surface area contributed by atoms with Crippen LogP contribution in [0.5, 0.6) is 0 Å². The Balaban J connectivity index is 2.81. The summed E-state index contributed by atoms with van der Waals surface area (Å²) in [4.78, 5) is 0. The first kappa shape index (κ1) is 22.0. The van der Waals surface area contributed by atoms with Crippen LogP contribution in [0.1, 0.15) is 27.7 Å². The third-order valence-corrected chi connectivity index (χ3v) is 7.88. The van der Waals surface area contributed by atoms with E-state index in [-0.39, 0.29) is 0 Å². The fourth-order valence-electron chi connectivity index (χ4n) is 1.82. The Kier molecular flexibility index (Phi) is 9.94. The van der Waals surface area contributed by atoms with E-state index in [1.807, 2.05) is 52.0 Å². The zero-order chi connectivity index (χ0) is 18.1. The molecule has 0 aliphatic carbocycles. The lowest BCUT2D eigenvalue weighted by atomic mass is 10.3. The molecule has 24 heavy (non-hydrogen) atoms. The van der Waals surface area contributed by atoms with Crippen molar-refractivity contribution in [1.29, 1.82) is 0 Å². The smallest absolute Gasteiger partial charge is 0.287 e. The number of benzene rings is 1. The molecule has 0 fully saturated rings. The van der Waals surface area contributed by atoms with Gasteiger partial charge in [0.15, 0.2) is 0 Å². The van der Waals surface area contributed by atoms with Crippen LogP contribution in [-0.4, -0.2) is 26.4 Å². The van der Waals surface area contributed by atoms with Gasteiger partial charge in [-0.1, -0.05) is 0 Å². The van der Waals surface area contributed by atoms with Crippen LogP contribution in [0.15, 0.2) is 24.3 Å². The highest BCUT2D eigenvalue weighted by Gasteiger charge is 2.19. The molecule has 0 atom stereocenters. The summed E-state index contributed by atoms with van der Waals surface area (Å²) in [5, 5.41) is 6.34. The number of rotatable bonds is 12. The molecule has 2 N–H and O–H groups in total. The number of anilines is 2. The second-order valence-corrected chi connectivity index (χ2v) is 10.8. The molecule has 1 aromatic carbocycles. The highest BCUT2D eigenvalue weighted by atomic mass is 32.5. The van der Waals surface area contributed by atoms with E-state index in [9.17, 15) is 0 Å². The number of hydrogen-bond donors (Lipinski definition) is 2. The Hall–Kier alpha value is -0.0400. The monoisotopic (exact) mass is 412 g/mol. The molecule has 0 heterocycles. The molecule has 0 radical (unpaired) electrons. The van der Waals surface area contributed by atoms with Gasteiger partial charge in [0, 0.05) is 11.4 Å². The Morgan fingerprint density at radius 1 is 0.667 bits per heavy atom. The zero-order valence-corrected chi connectivity index (χ0v) is 17.9. The van der Waals surface area contributed by atoms with E-state index < -0.39 is 13.3 Å². The molecular formula is C14H26N2O4P2S2. The molecule has 0 amide bonds. The molecule has 0 unspecified atom stereocenters. The Bertz CT molecular complexity index is 516. The van der Waals surface area contributed by atoms with E-state index in [0.717, 1.165) is 11.4 Å². The fourth-order valence-corrected chi connectivity index (χ4v) is 6.41. The summed E-state index contributed by atoms with van der Waals surface area (Å²) < 4.78 is 22.3. The topological polar surface area (TPSA) is 61.0 Å². The molecule has 0 saturated heterocycles. The van der Waals surface area contributed by atoms with E-state index in [1.165, 1.54) is 0 Å². The van der Waals surface area contributed by atoms with Crippen LogP contribution in [-0.2, 0) is 41.7 Å². The minimum atomic E-state index is -2.52. The van der Waals surface area contributed by atoms with Crippen LogP contribution in [0.3, 0.4) is 0 Å². The second-order valence-electron chi connectivity index (χ2n) is 4.47. The fraction of sp³-hybridized carbons (Fsp3) is 0.571. The first-order valence-electron chi connectivity index (χ1n) is 7.85. The summed E-state index contributed by atoms with van der Waals surface area (Å²) in [6.07, 6.45) is 0. The Morgan fingerprint density at radius 2 is 0.917 bits per heavy atom. The van der Waals surface area contributed by atoms with Crippen molar-refractivity contribution >= 4 is 48.3 Å². The van der Waals surface area contributed by atoms with Gasteiger partial charge in [0.25, 0.3) is 13.3 Å². The molecule has 138 valence electrons. The molecule has 0 bridgehead atoms. The largest absolute Gasteiger partial charge is 0.316 e. The number of hydrogen-bond acceptors (Lipinski definition) is 6. The van der Waals surface area contributed by atoms with Gasteiger partial charge in [0.1, 0.15) is 0 Å². The van der Waals surface area contributed by atoms with Crippen LogP contribution in [0, 0.1) is 0 Å². The SMILES string of the molecule is CCOP(=S)(Nc1ccc(NP(=S)(OCC)OCC)cc1)OCC. The van der Waals surface area contributed by atoms with Crippen molar-refractivity contribution in [1.82, 2.24) is 0 Å². The van der Waals surface area contributed by atoms with Crippen LogP contribution >= 0.6 is 13.3 Å². The first-order chi connectivity index (χ1) is 11.4. The molecule has 10 heteroatoms. The summed E-state index contributed by atoms with van der Waals surface area (Å²) >= 11 is 10.9. The maximum Gasteiger partial charge on any atom is 0.287 e. The second kappa shape index (κ2) is 10.8. The van der Waals surface area contributed by atoms with Gasteiger partial charge >= 0.3 is 0 Å². The lowest BCUT2D eigenvalue weighted by Gasteiger charge is -2.24. The van der Waals surface area contributed by atoms with Crippen molar-refractivity contribution in [3.8, 4) is 0 Å². The minimum absolute atomic E-state index is 0.496. The summed E-state index contributed by atoms with van der Waals surface area (Å²) in [5.41, 5.74) is 1.65. The molecule has 0 saturated carbocycles. The molecule has 0 aliphatic heterocycles. The summed E-state index contributed by atoms with van der Waals surface area (Å²) in [5.74, 6) is 0. The van der Waals surface area contributed by atoms with Crippen molar-refractivity contribution in [2.45, 2.75) is 27.7 Å². The summed E-state index contributed by atoms with van der Waals surface area (Å²) in [6, 6.07) is 7.55. The summed E-state index contributed by atoms with van der Waals surface area (Å²) in [6.45, 7) is 4.51. The van der Waals surface area contributed by atoms with E-state index in [1.54, 1.807) is 0 Å². The van der Waals surface area contributed by atoms with Gasteiger partial charge < -0.3 is 28.3 Å². The zero-order valence-electron chi connectivity index (χ0n) is 14.5. The Labute approximate surface area is 155 Å². The van der Waals surface area contributed by atoms with Gasteiger partial charge in [0.05, 0.1) is 26.4 Å². The van der Waals surface area contributed by atoms with Gasteiger partial charge in [-0.2, -0.15) is 0 Å².